The summed E-state index contributed by atoms with van der Waals surface area (Å²) in [5.41, 5.74) is 3.06. The topological polar surface area (TPSA) is 75.6 Å². The van der Waals surface area contributed by atoms with Gasteiger partial charge in [-0.15, -0.1) is 12.3 Å². The maximum Gasteiger partial charge on any atom is 0.408 e. The molecule has 0 radical (unpaired) electrons. The summed E-state index contributed by atoms with van der Waals surface area (Å²) in [7, 11) is 0. The lowest BCUT2D eigenvalue weighted by atomic mass is 9.95. The molecule has 0 saturated heterocycles. The molecule has 5 heteroatoms. The van der Waals surface area contributed by atoms with Crippen molar-refractivity contribution >= 4 is 12.1 Å². The predicted molar refractivity (Wildman–Crippen MR) is 107 cm³/mol. The maximum atomic E-state index is 12.3. The number of aliphatic carboxylic acids is 1. The van der Waals surface area contributed by atoms with Crippen molar-refractivity contribution in [1.29, 1.82) is 0 Å². The van der Waals surface area contributed by atoms with Crippen molar-refractivity contribution in [2.45, 2.75) is 37.6 Å². The Morgan fingerprint density at radius 2 is 1.71 bits per heavy atom. The summed E-state index contributed by atoms with van der Waals surface area (Å²) in [6, 6.07) is 16.1. The van der Waals surface area contributed by atoms with Crippen molar-refractivity contribution in [2.24, 2.45) is 0 Å². The van der Waals surface area contributed by atoms with Crippen LogP contribution in [0.15, 0.2) is 48.5 Å². The highest BCUT2D eigenvalue weighted by atomic mass is 16.5. The van der Waals surface area contributed by atoms with Crippen LogP contribution in [0.4, 0.5) is 4.79 Å². The summed E-state index contributed by atoms with van der Waals surface area (Å²) < 4.78 is 5.44. The average molecular weight is 377 g/mol. The van der Waals surface area contributed by atoms with E-state index in [1.54, 1.807) is 0 Å². The molecule has 5 nitrogen and oxygen atoms in total. The molecule has 1 aliphatic carbocycles. The summed E-state index contributed by atoms with van der Waals surface area (Å²) in [4.78, 5) is 24.0. The minimum absolute atomic E-state index is 0.0734. The second kappa shape index (κ2) is 8.18. The molecule has 1 atom stereocenters. The Labute approximate surface area is 164 Å². The Morgan fingerprint density at radius 1 is 1.14 bits per heavy atom. The van der Waals surface area contributed by atoms with E-state index in [9.17, 15) is 14.7 Å². The molecule has 0 fully saturated rings. The third-order valence-corrected chi connectivity index (χ3v) is 5.19. The smallest absolute Gasteiger partial charge is 0.408 e. The number of carboxylic acids is 1. The molecule has 144 valence electrons. The molecular formula is C23H23NO4. The molecule has 0 aliphatic heterocycles. The van der Waals surface area contributed by atoms with Gasteiger partial charge in [0.05, 0.1) is 0 Å². The minimum atomic E-state index is -1.42. The van der Waals surface area contributed by atoms with E-state index in [1.165, 1.54) is 6.92 Å². The lowest BCUT2D eigenvalue weighted by molar-refractivity contribution is -0.144. The SMILES string of the molecule is C#CCCC[C@](C)(NC(=O)OCC1c2ccccc2-c2ccccc21)C(=O)O. The van der Waals surface area contributed by atoms with Gasteiger partial charge in [0.25, 0.3) is 0 Å². The molecule has 0 saturated carbocycles. The zero-order valence-electron chi connectivity index (χ0n) is 15.8. The molecule has 2 aromatic rings. The molecule has 3 rings (SSSR count). The number of hydrogen-bond donors (Lipinski definition) is 2. The van der Waals surface area contributed by atoms with Crippen LogP contribution < -0.4 is 5.32 Å². The Bertz CT molecular complexity index is 885. The van der Waals surface area contributed by atoms with Gasteiger partial charge in [0.2, 0.25) is 0 Å². The highest BCUT2D eigenvalue weighted by molar-refractivity contribution is 5.84. The van der Waals surface area contributed by atoms with Crippen LogP contribution in [0.5, 0.6) is 0 Å². The van der Waals surface area contributed by atoms with Gasteiger partial charge >= 0.3 is 12.1 Å². The van der Waals surface area contributed by atoms with Crippen molar-refractivity contribution in [1.82, 2.24) is 5.32 Å². The third-order valence-electron chi connectivity index (χ3n) is 5.19. The van der Waals surface area contributed by atoms with Gasteiger partial charge in [0.15, 0.2) is 0 Å². The summed E-state index contributed by atoms with van der Waals surface area (Å²) in [6.45, 7) is 1.60. The molecule has 0 heterocycles. The Kier molecular flexibility index (Phi) is 5.70. The first kappa shape index (κ1) is 19.5. The first-order chi connectivity index (χ1) is 13.5. The average Bonchev–Trinajstić information content (AvgIpc) is 3.00. The normalized spacial score (nSPS) is 14.3. The van der Waals surface area contributed by atoms with Gasteiger partial charge in [0.1, 0.15) is 12.1 Å². The number of nitrogens with one attached hydrogen (secondary N) is 1. The van der Waals surface area contributed by atoms with Crippen molar-refractivity contribution in [2.75, 3.05) is 6.61 Å². The molecular weight excluding hydrogens is 354 g/mol. The van der Waals surface area contributed by atoms with E-state index >= 15 is 0 Å². The number of benzene rings is 2. The van der Waals surface area contributed by atoms with Crippen LogP contribution in [-0.2, 0) is 9.53 Å². The quantitative estimate of drug-likeness (QED) is 0.561. The first-order valence-corrected chi connectivity index (χ1v) is 9.26. The fourth-order valence-electron chi connectivity index (χ4n) is 3.63. The molecule has 2 aromatic carbocycles. The monoisotopic (exact) mass is 377 g/mol. The van der Waals surface area contributed by atoms with Crippen molar-refractivity contribution in [3.8, 4) is 23.5 Å². The first-order valence-electron chi connectivity index (χ1n) is 9.26. The number of carbonyl (C=O) groups is 2. The predicted octanol–water partition coefficient (Wildman–Crippen LogP) is 4.17. The van der Waals surface area contributed by atoms with E-state index in [4.69, 9.17) is 11.2 Å². The Balaban J connectivity index is 1.69. The molecule has 1 amide bonds. The van der Waals surface area contributed by atoms with E-state index in [2.05, 4.69) is 23.4 Å². The standard InChI is InChI=1S/C23H23NO4/c1-3-4-9-14-23(2,21(25)26)24-22(27)28-15-20-18-12-7-5-10-16(18)17-11-6-8-13-19(17)20/h1,5-8,10-13,20H,4,9,14-15H2,2H3,(H,24,27)(H,25,26)/t23-/m0/s1. The van der Waals surface area contributed by atoms with Crippen LogP contribution in [0.3, 0.4) is 0 Å². The molecule has 0 aromatic heterocycles. The fraction of sp³-hybridized carbons (Fsp3) is 0.304. The number of fused-ring (bicyclic) bond motifs is 3. The lowest BCUT2D eigenvalue weighted by Crippen LogP contribution is -2.52. The molecule has 2 N–H and O–H groups in total. The fourth-order valence-corrected chi connectivity index (χ4v) is 3.63. The number of ether oxygens (including phenoxy) is 1. The van der Waals surface area contributed by atoms with Gasteiger partial charge in [-0.2, -0.15) is 0 Å². The molecule has 0 unspecified atom stereocenters. The Morgan fingerprint density at radius 3 is 2.25 bits per heavy atom. The van der Waals surface area contributed by atoms with Crippen molar-refractivity contribution in [3.05, 3.63) is 59.7 Å². The second-order valence-corrected chi connectivity index (χ2v) is 7.15. The van der Waals surface area contributed by atoms with Gasteiger partial charge in [-0.3, -0.25) is 0 Å². The zero-order valence-corrected chi connectivity index (χ0v) is 15.8. The van der Waals surface area contributed by atoms with Gasteiger partial charge < -0.3 is 15.2 Å². The minimum Gasteiger partial charge on any atom is -0.480 e. The number of unbranched alkanes of at least 4 members (excludes halogenated alkanes) is 1. The summed E-state index contributed by atoms with van der Waals surface area (Å²) in [6.07, 6.45) is 5.67. The molecule has 0 bridgehead atoms. The Hall–Kier alpha value is -3.26. The summed E-state index contributed by atoms with van der Waals surface area (Å²) in [5, 5.41) is 12.0. The highest BCUT2D eigenvalue weighted by Gasteiger charge is 2.35. The second-order valence-electron chi connectivity index (χ2n) is 7.15. The van der Waals surface area contributed by atoms with Crippen LogP contribution in [0, 0.1) is 12.3 Å². The number of alkyl carbamates (subject to hydrolysis) is 1. The van der Waals surface area contributed by atoms with E-state index in [1.807, 2.05) is 36.4 Å². The van der Waals surface area contributed by atoms with E-state index in [-0.39, 0.29) is 18.9 Å². The number of terminal acetylenes is 1. The summed E-state index contributed by atoms with van der Waals surface area (Å²) >= 11 is 0. The van der Waals surface area contributed by atoms with Gasteiger partial charge in [0, 0.05) is 12.3 Å². The van der Waals surface area contributed by atoms with E-state index < -0.39 is 17.6 Å². The van der Waals surface area contributed by atoms with Gasteiger partial charge in [-0.25, -0.2) is 9.59 Å². The van der Waals surface area contributed by atoms with E-state index in [0.29, 0.717) is 12.8 Å². The van der Waals surface area contributed by atoms with Gasteiger partial charge in [-0.1, -0.05) is 48.5 Å². The largest absolute Gasteiger partial charge is 0.480 e. The van der Waals surface area contributed by atoms with Gasteiger partial charge in [-0.05, 0) is 42.0 Å². The lowest BCUT2D eigenvalue weighted by Gasteiger charge is -2.26. The van der Waals surface area contributed by atoms with Crippen LogP contribution >= 0.6 is 0 Å². The zero-order chi connectivity index (χ0) is 20.1. The number of amides is 1. The van der Waals surface area contributed by atoms with Crippen molar-refractivity contribution < 1.29 is 19.4 Å². The van der Waals surface area contributed by atoms with Crippen LogP contribution in [-0.4, -0.2) is 29.3 Å². The summed E-state index contributed by atoms with van der Waals surface area (Å²) in [5.74, 6) is 1.29. The van der Waals surface area contributed by atoms with Crippen molar-refractivity contribution in [3.63, 3.8) is 0 Å². The highest BCUT2D eigenvalue weighted by Crippen LogP contribution is 2.44. The number of rotatable bonds is 7. The number of carboxylic acid groups (broad SMARTS) is 1. The van der Waals surface area contributed by atoms with Crippen LogP contribution in [0.25, 0.3) is 11.1 Å². The van der Waals surface area contributed by atoms with E-state index in [0.717, 1.165) is 22.3 Å². The maximum absolute atomic E-state index is 12.3. The molecule has 0 spiro atoms. The van der Waals surface area contributed by atoms with Crippen LogP contribution in [0.2, 0.25) is 0 Å². The number of carbonyl (C=O) groups excluding carboxylic acids is 1. The molecule has 1 aliphatic rings. The number of hydrogen-bond acceptors (Lipinski definition) is 3. The molecule has 28 heavy (non-hydrogen) atoms. The third kappa shape index (κ3) is 3.86. The van der Waals surface area contributed by atoms with Crippen LogP contribution in [0.1, 0.15) is 43.2 Å².